The number of fused-ring (bicyclic) bond motifs is 1. The Kier molecular flexibility index (Phi) is 10.1. The van der Waals surface area contributed by atoms with Gasteiger partial charge < -0.3 is 33.9 Å². The van der Waals surface area contributed by atoms with Crippen molar-refractivity contribution in [2.75, 3.05) is 6.61 Å². The van der Waals surface area contributed by atoms with Crippen molar-refractivity contribution < 1.29 is 43.5 Å². The van der Waals surface area contributed by atoms with E-state index in [1.165, 1.54) is 25.3 Å². The van der Waals surface area contributed by atoms with Gasteiger partial charge in [-0.25, -0.2) is 9.59 Å². The number of aryl methyl sites for hydroxylation is 1. The molecule has 0 radical (unpaired) electrons. The van der Waals surface area contributed by atoms with Crippen LogP contribution in [0.2, 0.25) is 0 Å². The van der Waals surface area contributed by atoms with E-state index in [1.807, 2.05) is 36.4 Å². The fraction of sp³-hybridized carbons (Fsp3) is 0.351. The van der Waals surface area contributed by atoms with E-state index in [9.17, 15) is 29.4 Å². The van der Waals surface area contributed by atoms with E-state index < -0.39 is 78.1 Å². The van der Waals surface area contributed by atoms with Crippen LogP contribution in [0, 0.1) is 6.92 Å². The van der Waals surface area contributed by atoms with Crippen molar-refractivity contribution in [3.05, 3.63) is 140 Å². The quantitative estimate of drug-likeness (QED) is 0.198. The summed E-state index contributed by atoms with van der Waals surface area (Å²) in [7, 11) is 0. The Morgan fingerprint density at radius 1 is 0.880 bits per heavy atom. The lowest BCUT2D eigenvalue weighted by molar-refractivity contribution is -0.297. The Hall–Kier alpha value is -4.92. The van der Waals surface area contributed by atoms with E-state index in [4.69, 9.17) is 23.7 Å². The average Bonchev–Trinajstić information content (AvgIpc) is 3.37. The topological polar surface area (TPSA) is 176 Å². The minimum Gasteiger partial charge on any atom is -0.454 e. The maximum atomic E-state index is 13.7. The number of hydrogen-bond donors (Lipinski definition) is 3. The summed E-state index contributed by atoms with van der Waals surface area (Å²) in [6.45, 7) is 2.14. The molecule has 1 aliphatic heterocycles. The Morgan fingerprint density at radius 2 is 1.48 bits per heavy atom. The molecule has 13 nitrogen and oxygen atoms in total. The molecule has 0 amide bonds. The number of hydrogen-bond acceptors (Lipinski definition) is 11. The van der Waals surface area contributed by atoms with Gasteiger partial charge in [-0.3, -0.25) is 19.1 Å². The molecule has 13 heteroatoms. The summed E-state index contributed by atoms with van der Waals surface area (Å²) in [5.74, 6) is -1.63. The molecule has 1 saturated carbocycles. The van der Waals surface area contributed by atoms with Gasteiger partial charge in [0.2, 0.25) is 0 Å². The number of benzene rings is 3. The summed E-state index contributed by atoms with van der Waals surface area (Å²) in [5.41, 5.74) is -3.72. The molecule has 7 atom stereocenters. The Balaban J connectivity index is 1.56. The van der Waals surface area contributed by atoms with Gasteiger partial charge in [-0.1, -0.05) is 78.9 Å². The van der Waals surface area contributed by atoms with Crippen LogP contribution in [-0.4, -0.2) is 73.9 Å². The van der Waals surface area contributed by atoms with Gasteiger partial charge in [-0.2, -0.15) is 0 Å². The van der Waals surface area contributed by atoms with Crippen molar-refractivity contribution in [1.82, 2.24) is 9.55 Å². The van der Waals surface area contributed by atoms with Crippen molar-refractivity contribution in [3.8, 4) is 0 Å². The SMILES string of the molecule is CC(=O)O[C@H]1[C@H](n2cc(C)c(=O)[nH]c2=O)O[C@@]2(COCc3ccccc3)[C@@H](OC(=O)c3ccccc3)[C@H](O)[C@H](O)C[C@]12OCc1ccccc1. The highest BCUT2D eigenvalue weighted by Crippen LogP contribution is 2.57. The molecular formula is C37H38N2O11. The molecule has 0 spiro atoms. The van der Waals surface area contributed by atoms with Crippen molar-refractivity contribution in [3.63, 3.8) is 0 Å². The number of carbonyl (C=O) groups excluding carboxylic acids is 2. The molecule has 2 heterocycles. The first kappa shape index (κ1) is 34.9. The summed E-state index contributed by atoms with van der Waals surface area (Å²) < 4.78 is 32.9. The zero-order valence-corrected chi connectivity index (χ0v) is 27.5. The zero-order chi connectivity index (χ0) is 35.5. The second-order valence-electron chi connectivity index (χ2n) is 12.5. The molecule has 3 aromatic carbocycles. The van der Waals surface area contributed by atoms with Crippen molar-refractivity contribution in [1.29, 1.82) is 0 Å². The lowest BCUT2D eigenvalue weighted by Crippen LogP contribution is -2.75. The highest BCUT2D eigenvalue weighted by Gasteiger charge is 2.77. The zero-order valence-electron chi connectivity index (χ0n) is 27.5. The summed E-state index contributed by atoms with van der Waals surface area (Å²) in [6, 6.07) is 26.3. The molecule has 6 rings (SSSR count). The van der Waals surface area contributed by atoms with Crippen LogP contribution in [0.1, 0.15) is 46.6 Å². The van der Waals surface area contributed by atoms with Crippen LogP contribution in [0.3, 0.4) is 0 Å². The van der Waals surface area contributed by atoms with Gasteiger partial charge in [0, 0.05) is 25.1 Å². The van der Waals surface area contributed by atoms with Gasteiger partial charge >= 0.3 is 17.6 Å². The summed E-state index contributed by atoms with van der Waals surface area (Å²) >= 11 is 0. The van der Waals surface area contributed by atoms with E-state index in [0.717, 1.165) is 17.1 Å². The van der Waals surface area contributed by atoms with Crippen LogP contribution in [-0.2, 0) is 41.7 Å². The molecule has 0 unspecified atom stereocenters. The summed E-state index contributed by atoms with van der Waals surface area (Å²) in [6.07, 6.45) is -7.23. The summed E-state index contributed by atoms with van der Waals surface area (Å²) in [4.78, 5) is 54.6. The number of nitrogens with one attached hydrogen (secondary N) is 1. The van der Waals surface area contributed by atoms with E-state index in [2.05, 4.69) is 4.98 Å². The molecular weight excluding hydrogens is 648 g/mol. The van der Waals surface area contributed by atoms with Crippen LogP contribution in [0.15, 0.2) is 107 Å². The highest BCUT2D eigenvalue weighted by atomic mass is 16.7. The first-order chi connectivity index (χ1) is 24.0. The number of aromatic nitrogens is 2. The smallest absolute Gasteiger partial charge is 0.338 e. The fourth-order valence-corrected chi connectivity index (χ4v) is 6.77. The lowest BCUT2D eigenvalue weighted by Gasteiger charge is -2.54. The van der Waals surface area contributed by atoms with Crippen LogP contribution in [0.5, 0.6) is 0 Å². The monoisotopic (exact) mass is 686 g/mol. The van der Waals surface area contributed by atoms with Crippen LogP contribution < -0.4 is 11.2 Å². The van der Waals surface area contributed by atoms with E-state index in [0.29, 0.717) is 5.56 Å². The molecule has 2 fully saturated rings. The molecule has 50 heavy (non-hydrogen) atoms. The van der Waals surface area contributed by atoms with Gasteiger partial charge in [0.05, 0.1) is 31.5 Å². The number of rotatable bonds is 11. The van der Waals surface area contributed by atoms with E-state index in [-0.39, 0.29) is 24.3 Å². The maximum absolute atomic E-state index is 13.7. The summed E-state index contributed by atoms with van der Waals surface area (Å²) in [5, 5.41) is 23.2. The number of aliphatic hydroxyl groups excluding tert-OH is 2. The van der Waals surface area contributed by atoms with Crippen LogP contribution in [0.25, 0.3) is 0 Å². The predicted octanol–water partition coefficient (Wildman–Crippen LogP) is 2.57. The van der Waals surface area contributed by atoms with Crippen molar-refractivity contribution in [2.24, 2.45) is 0 Å². The van der Waals surface area contributed by atoms with Crippen LogP contribution in [0.4, 0.5) is 0 Å². The normalized spacial score (nSPS) is 27.3. The largest absolute Gasteiger partial charge is 0.454 e. The van der Waals surface area contributed by atoms with Gasteiger partial charge in [0.15, 0.2) is 24.0 Å². The Bertz CT molecular complexity index is 1920. The Labute approximate surface area is 287 Å². The molecule has 262 valence electrons. The van der Waals surface area contributed by atoms with Gasteiger partial charge in [0.25, 0.3) is 5.56 Å². The average molecular weight is 687 g/mol. The fourth-order valence-electron chi connectivity index (χ4n) is 6.77. The standard InChI is InChI=1S/C37H38N2O11/c1-23-19-39(35(45)38-32(23)43)33-31(48-24(2)40)36(47-21-26-14-8-4-9-15-26)18-28(41)29(42)30(49-34(44)27-16-10-5-11-17-27)37(36,50-33)22-46-20-25-12-6-3-7-13-25/h3-17,19,28-31,33,41-42H,18,20-22H2,1-2H3,(H,38,43,45)/t28-,29-,30+,31+,33-,36+,37+/m1/s1. The molecule has 1 aliphatic carbocycles. The first-order valence-corrected chi connectivity index (χ1v) is 16.1. The minimum absolute atomic E-state index is 0.0410. The minimum atomic E-state index is -2.03. The van der Waals surface area contributed by atoms with Gasteiger partial charge in [-0.05, 0) is 30.2 Å². The molecule has 0 bridgehead atoms. The molecule has 1 aromatic heterocycles. The number of ether oxygens (including phenoxy) is 5. The number of aromatic amines is 1. The number of nitrogens with zero attached hydrogens (tertiary/aromatic N) is 1. The third-order valence-corrected chi connectivity index (χ3v) is 9.17. The third kappa shape index (κ3) is 6.65. The lowest BCUT2D eigenvalue weighted by atomic mass is 9.66. The second-order valence-corrected chi connectivity index (χ2v) is 12.5. The third-order valence-electron chi connectivity index (χ3n) is 9.17. The molecule has 1 saturated heterocycles. The first-order valence-electron chi connectivity index (χ1n) is 16.1. The van der Waals surface area contributed by atoms with Gasteiger partial charge in [0.1, 0.15) is 11.7 Å². The predicted molar refractivity (Wildman–Crippen MR) is 177 cm³/mol. The molecule has 4 aromatic rings. The maximum Gasteiger partial charge on any atom is 0.338 e. The number of esters is 2. The number of aliphatic hydroxyl groups is 2. The number of carbonyl (C=O) groups is 2. The molecule has 3 N–H and O–H groups in total. The Morgan fingerprint density at radius 3 is 2.10 bits per heavy atom. The highest BCUT2D eigenvalue weighted by molar-refractivity contribution is 5.89. The van der Waals surface area contributed by atoms with Crippen molar-refractivity contribution >= 4 is 11.9 Å². The van der Waals surface area contributed by atoms with E-state index >= 15 is 0 Å². The van der Waals surface area contributed by atoms with Crippen LogP contribution >= 0.6 is 0 Å². The number of H-pyrrole nitrogens is 1. The molecule has 2 aliphatic rings. The van der Waals surface area contributed by atoms with Gasteiger partial charge in [-0.15, -0.1) is 0 Å². The van der Waals surface area contributed by atoms with E-state index in [1.54, 1.807) is 42.5 Å². The van der Waals surface area contributed by atoms with Crippen molar-refractivity contribution in [2.45, 2.75) is 75.3 Å². The second kappa shape index (κ2) is 14.5.